The minimum Gasteiger partial charge on any atom is -0.492 e. The maximum absolute atomic E-state index is 12.8. The first-order chi connectivity index (χ1) is 12.5. The highest BCUT2D eigenvalue weighted by Gasteiger charge is 2.19. The van der Waals surface area contributed by atoms with E-state index in [1.807, 2.05) is 32.0 Å². The molecule has 0 bridgehead atoms. The van der Waals surface area contributed by atoms with Gasteiger partial charge in [0, 0.05) is 4.88 Å². The normalized spacial score (nSPS) is 12.1. The van der Waals surface area contributed by atoms with Crippen molar-refractivity contribution in [2.24, 2.45) is 0 Å². The van der Waals surface area contributed by atoms with Crippen LogP contribution in [-0.2, 0) is 11.2 Å². The zero-order valence-corrected chi connectivity index (χ0v) is 15.8. The van der Waals surface area contributed by atoms with Crippen molar-refractivity contribution in [3.8, 4) is 5.75 Å². The fraction of sp³-hybridized carbons (Fsp3) is 0.316. The molecule has 136 valence electrons. The van der Waals surface area contributed by atoms with Crippen molar-refractivity contribution in [3.63, 3.8) is 0 Å². The highest BCUT2D eigenvalue weighted by molar-refractivity contribution is 7.18. The zero-order chi connectivity index (χ0) is 18.7. The lowest BCUT2D eigenvalue weighted by Gasteiger charge is -2.16. The third-order valence-electron chi connectivity index (χ3n) is 4.12. The van der Waals surface area contributed by atoms with Gasteiger partial charge >= 0.3 is 0 Å². The molecule has 1 amide bonds. The topological polar surface area (TPSA) is 73.2 Å². The summed E-state index contributed by atoms with van der Waals surface area (Å²) in [5, 5.41) is 3.40. The Morgan fingerprint density at radius 2 is 2.12 bits per heavy atom. The van der Waals surface area contributed by atoms with Gasteiger partial charge in [-0.2, -0.15) is 0 Å². The molecule has 0 aliphatic carbocycles. The number of ether oxygens (including phenoxy) is 1. The van der Waals surface area contributed by atoms with E-state index in [0.717, 1.165) is 11.3 Å². The molecular weight excluding hydrogens is 350 g/mol. The number of para-hydroxylation sites is 2. The molecule has 0 spiro atoms. The van der Waals surface area contributed by atoms with E-state index in [0.29, 0.717) is 28.3 Å². The van der Waals surface area contributed by atoms with Gasteiger partial charge in [0.2, 0.25) is 5.91 Å². The largest absolute Gasteiger partial charge is 0.492 e. The summed E-state index contributed by atoms with van der Waals surface area (Å²) >= 11 is 1.51. The van der Waals surface area contributed by atoms with Crippen LogP contribution in [0, 0.1) is 0 Å². The molecule has 3 rings (SSSR count). The van der Waals surface area contributed by atoms with Crippen LogP contribution in [0.15, 0.2) is 41.5 Å². The molecule has 26 heavy (non-hydrogen) atoms. The van der Waals surface area contributed by atoms with Crippen molar-refractivity contribution in [2.45, 2.75) is 33.2 Å². The van der Waals surface area contributed by atoms with Crippen LogP contribution in [0.5, 0.6) is 5.75 Å². The van der Waals surface area contributed by atoms with Gasteiger partial charge in [0.1, 0.15) is 16.6 Å². The van der Waals surface area contributed by atoms with Crippen LogP contribution in [-0.4, -0.2) is 22.1 Å². The van der Waals surface area contributed by atoms with Gasteiger partial charge in [-0.3, -0.25) is 14.2 Å². The fourth-order valence-corrected chi connectivity index (χ4v) is 3.58. The summed E-state index contributed by atoms with van der Waals surface area (Å²) in [4.78, 5) is 31.6. The van der Waals surface area contributed by atoms with Crippen molar-refractivity contribution >= 4 is 33.1 Å². The second kappa shape index (κ2) is 7.70. The van der Waals surface area contributed by atoms with E-state index in [1.165, 1.54) is 22.2 Å². The number of carbonyl (C=O) groups excluding carboxylic acids is 1. The van der Waals surface area contributed by atoms with E-state index >= 15 is 0 Å². The molecular formula is C19H21N3O3S. The van der Waals surface area contributed by atoms with Gasteiger partial charge < -0.3 is 10.1 Å². The van der Waals surface area contributed by atoms with Crippen LogP contribution >= 0.6 is 11.3 Å². The maximum Gasteiger partial charge on any atom is 0.262 e. The number of hydrogen-bond acceptors (Lipinski definition) is 5. The summed E-state index contributed by atoms with van der Waals surface area (Å²) < 4.78 is 6.89. The van der Waals surface area contributed by atoms with E-state index in [4.69, 9.17) is 4.74 Å². The second-order valence-corrected chi connectivity index (χ2v) is 6.95. The van der Waals surface area contributed by atoms with E-state index in [9.17, 15) is 9.59 Å². The predicted molar refractivity (Wildman–Crippen MR) is 104 cm³/mol. The average molecular weight is 371 g/mol. The molecule has 1 atom stereocenters. The smallest absolute Gasteiger partial charge is 0.262 e. The van der Waals surface area contributed by atoms with E-state index in [-0.39, 0.29) is 11.5 Å². The van der Waals surface area contributed by atoms with E-state index in [2.05, 4.69) is 10.3 Å². The molecule has 0 aliphatic rings. The highest BCUT2D eigenvalue weighted by atomic mass is 32.1. The molecule has 2 aromatic heterocycles. The van der Waals surface area contributed by atoms with Crippen LogP contribution in [0.4, 0.5) is 5.69 Å². The molecule has 1 N–H and O–H groups in total. The fourth-order valence-electron chi connectivity index (χ4n) is 2.65. The lowest BCUT2D eigenvalue weighted by Crippen LogP contribution is -2.31. The molecule has 0 saturated heterocycles. The Labute approximate surface area is 155 Å². The molecule has 0 aliphatic heterocycles. The van der Waals surface area contributed by atoms with Crippen LogP contribution in [0.3, 0.4) is 0 Å². The summed E-state index contributed by atoms with van der Waals surface area (Å²) in [6, 6.07) is 8.39. The Hall–Kier alpha value is -2.67. The summed E-state index contributed by atoms with van der Waals surface area (Å²) in [6.07, 6.45) is 2.30. The molecule has 0 saturated carbocycles. The number of nitrogens with zero attached hydrogens (tertiary/aromatic N) is 2. The minimum atomic E-state index is -0.695. The third-order valence-corrected chi connectivity index (χ3v) is 5.31. The monoisotopic (exact) mass is 371 g/mol. The summed E-state index contributed by atoms with van der Waals surface area (Å²) in [5.74, 6) is 0.299. The first kappa shape index (κ1) is 18.1. The summed E-state index contributed by atoms with van der Waals surface area (Å²) in [6.45, 7) is 6.10. The Morgan fingerprint density at radius 3 is 2.85 bits per heavy atom. The second-order valence-electron chi connectivity index (χ2n) is 5.84. The van der Waals surface area contributed by atoms with Gasteiger partial charge in [-0.25, -0.2) is 4.98 Å². The molecule has 0 radical (unpaired) electrons. The predicted octanol–water partition coefficient (Wildman–Crippen LogP) is 3.62. The van der Waals surface area contributed by atoms with Gasteiger partial charge in [0.05, 0.1) is 24.0 Å². The minimum absolute atomic E-state index is 0.202. The number of rotatable bonds is 6. The van der Waals surface area contributed by atoms with Crippen LogP contribution < -0.4 is 15.6 Å². The van der Waals surface area contributed by atoms with Gasteiger partial charge in [-0.05, 0) is 38.5 Å². The number of aromatic nitrogens is 2. The number of amides is 1. The van der Waals surface area contributed by atoms with E-state index in [1.54, 1.807) is 19.1 Å². The quantitative estimate of drug-likeness (QED) is 0.718. The van der Waals surface area contributed by atoms with Crippen LogP contribution in [0.2, 0.25) is 0 Å². The number of thiophene rings is 1. The Balaban J connectivity index is 1.88. The number of nitrogens with one attached hydrogen (secondary N) is 1. The number of fused-ring (bicyclic) bond motifs is 1. The number of hydrogen-bond donors (Lipinski definition) is 1. The Kier molecular flexibility index (Phi) is 5.37. The first-order valence-electron chi connectivity index (χ1n) is 8.57. The van der Waals surface area contributed by atoms with Crippen molar-refractivity contribution < 1.29 is 9.53 Å². The maximum atomic E-state index is 12.8. The Morgan fingerprint density at radius 1 is 1.35 bits per heavy atom. The first-order valence-corrected chi connectivity index (χ1v) is 9.39. The summed E-state index contributed by atoms with van der Waals surface area (Å²) in [5.41, 5.74) is 0.379. The highest BCUT2D eigenvalue weighted by Crippen LogP contribution is 2.25. The van der Waals surface area contributed by atoms with Gasteiger partial charge in [-0.15, -0.1) is 11.3 Å². The number of carbonyl (C=O) groups is 1. The Bertz CT molecular complexity index is 993. The van der Waals surface area contributed by atoms with Crippen molar-refractivity contribution in [3.05, 3.63) is 51.9 Å². The third kappa shape index (κ3) is 3.48. The standard InChI is InChI=1S/C19H21N3O3S/c1-4-13-10-14-18(26-13)20-11-22(19(14)24)12(3)17(23)21-15-8-6-7-9-16(15)25-5-2/h6-12H,4-5H2,1-3H3,(H,21,23)/t12-/m1/s1. The van der Waals surface area contributed by atoms with Gasteiger partial charge in [-0.1, -0.05) is 19.1 Å². The van der Waals surface area contributed by atoms with Crippen molar-refractivity contribution in [1.29, 1.82) is 0 Å². The molecule has 0 fully saturated rings. The molecule has 0 unspecified atom stereocenters. The molecule has 3 aromatic rings. The van der Waals surface area contributed by atoms with Crippen LogP contribution in [0.25, 0.3) is 10.2 Å². The molecule has 6 nitrogen and oxygen atoms in total. The van der Waals surface area contributed by atoms with E-state index < -0.39 is 6.04 Å². The SMILES string of the molecule is CCOc1ccccc1NC(=O)[C@@H](C)n1cnc2sc(CC)cc2c1=O. The number of anilines is 1. The van der Waals surface area contributed by atoms with Crippen LogP contribution in [0.1, 0.15) is 31.7 Å². The molecule has 7 heteroatoms. The van der Waals surface area contributed by atoms with Crippen molar-refractivity contribution in [1.82, 2.24) is 9.55 Å². The lowest BCUT2D eigenvalue weighted by molar-refractivity contribution is -0.118. The molecule has 1 aromatic carbocycles. The zero-order valence-electron chi connectivity index (χ0n) is 15.0. The van der Waals surface area contributed by atoms with Gasteiger partial charge in [0.25, 0.3) is 5.56 Å². The van der Waals surface area contributed by atoms with Crippen molar-refractivity contribution in [2.75, 3.05) is 11.9 Å². The average Bonchev–Trinajstić information content (AvgIpc) is 3.08. The molecule has 2 heterocycles. The van der Waals surface area contributed by atoms with Gasteiger partial charge in [0.15, 0.2) is 0 Å². The lowest BCUT2D eigenvalue weighted by atomic mass is 10.2. The number of aryl methyl sites for hydroxylation is 1. The number of benzene rings is 1. The summed E-state index contributed by atoms with van der Waals surface area (Å²) in [7, 11) is 0.